The molecule has 3 aromatic carbocycles. The lowest BCUT2D eigenvalue weighted by atomic mass is 10.1. The third-order valence-corrected chi connectivity index (χ3v) is 5.86. The van der Waals surface area contributed by atoms with Crippen molar-refractivity contribution in [2.24, 2.45) is 0 Å². The van der Waals surface area contributed by atoms with Gasteiger partial charge in [0, 0.05) is 15.8 Å². The molecule has 0 saturated carbocycles. The van der Waals surface area contributed by atoms with Crippen LogP contribution in [0.2, 0.25) is 5.02 Å². The van der Waals surface area contributed by atoms with Crippen molar-refractivity contribution in [1.29, 1.82) is 0 Å². The molecule has 0 bridgehead atoms. The summed E-state index contributed by atoms with van der Waals surface area (Å²) in [7, 11) is -4.06. The molecular formula is C19H16ClNO4S. The second kappa shape index (κ2) is 7.45. The highest BCUT2D eigenvalue weighted by molar-refractivity contribution is 7.89. The van der Waals surface area contributed by atoms with Crippen LogP contribution in [0.5, 0.6) is 0 Å². The van der Waals surface area contributed by atoms with E-state index >= 15 is 0 Å². The molecule has 0 saturated heterocycles. The highest BCUT2D eigenvalue weighted by Gasteiger charge is 2.27. The number of carboxylic acids is 1. The monoisotopic (exact) mass is 389 g/mol. The summed E-state index contributed by atoms with van der Waals surface area (Å²) in [6.45, 7) is 0. The lowest BCUT2D eigenvalue weighted by Crippen LogP contribution is -2.42. The van der Waals surface area contributed by atoms with Gasteiger partial charge in [0.05, 0.1) is 4.90 Å². The molecule has 3 aromatic rings. The normalized spacial score (nSPS) is 12.8. The summed E-state index contributed by atoms with van der Waals surface area (Å²) in [6, 6.07) is 17.3. The van der Waals surface area contributed by atoms with Gasteiger partial charge in [0.2, 0.25) is 10.0 Å². The van der Waals surface area contributed by atoms with E-state index < -0.39 is 22.0 Å². The predicted molar refractivity (Wildman–Crippen MR) is 101 cm³/mol. The summed E-state index contributed by atoms with van der Waals surface area (Å²) < 4.78 is 28.0. The number of nitrogens with one attached hydrogen (secondary N) is 1. The number of aliphatic carboxylic acids is 1. The van der Waals surface area contributed by atoms with Crippen molar-refractivity contribution in [2.75, 3.05) is 0 Å². The zero-order chi connectivity index (χ0) is 18.7. The van der Waals surface area contributed by atoms with E-state index in [1.54, 1.807) is 54.6 Å². The number of rotatable bonds is 6. The largest absolute Gasteiger partial charge is 0.480 e. The Labute approximate surface area is 156 Å². The van der Waals surface area contributed by atoms with E-state index in [1.807, 2.05) is 6.07 Å². The number of sulfonamides is 1. The first-order valence-electron chi connectivity index (χ1n) is 7.85. The summed E-state index contributed by atoms with van der Waals surface area (Å²) in [5.41, 5.74) is 0.726. The third-order valence-electron chi connectivity index (χ3n) is 4.00. The average molecular weight is 390 g/mol. The maximum Gasteiger partial charge on any atom is 0.322 e. The van der Waals surface area contributed by atoms with Crippen molar-refractivity contribution in [2.45, 2.75) is 17.4 Å². The van der Waals surface area contributed by atoms with Crippen LogP contribution in [-0.4, -0.2) is 25.5 Å². The van der Waals surface area contributed by atoms with Gasteiger partial charge >= 0.3 is 5.97 Å². The topological polar surface area (TPSA) is 83.5 Å². The molecule has 0 aliphatic rings. The minimum atomic E-state index is -4.06. The Bertz CT molecular complexity index is 1050. The molecule has 134 valence electrons. The minimum Gasteiger partial charge on any atom is -0.480 e. The molecule has 26 heavy (non-hydrogen) atoms. The van der Waals surface area contributed by atoms with E-state index in [-0.39, 0.29) is 11.3 Å². The molecule has 0 aromatic heterocycles. The first-order valence-corrected chi connectivity index (χ1v) is 9.71. The summed E-state index contributed by atoms with van der Waals surface area (Å²) in [5, 5.41) is 10.9. The van der Waals surface area contributed by atoms with E-state index in [0.29, 0.717) is 15.8 Å². The summed E-state index contributed by atoms with van der Waals surface area (Å²) in [4.78, 5) is 11.6. The van der Waals surface area contributed by atoms with Crippen molar-refractivity contribution < 1.29 is 18.3 Å². The van der Waals surface area contributed by atoms with Gasteiger partial charge in [-0.1, -0.05) is 66.2 Å². The minimum absolute atomic E-state index is 0.00295. The molecule has 0 aliphatic carbocycles. The number of carboxylic acid groups (broad SMARTS) is 1. The van der Waals surface area contributed by atoms with Crippen LogP contribution in [0.4, 0.5) is 0 Å². The van der Waals surface area contributed by atoms with E-state index in [2.05, 4.69) is 4.72 Å². The Morgan fingerprint density at radius 3 is 2.31 bits per heavy atom. The number of halogens is 1. The van der Waals surface area contributed by atoms with E-state index in [1.165, 1.54) is 6.07 Å². The van der Waals surface area contributed by atoms with Gasteiger partial charge in [-0.15, -0.1) is 0 Å². The Morgan fingerprint density at radius 1 is 0.962 bits per heavy atom. The summed E-state index contributed by atoms with van der Waals surface area (Å²) >= 11 is 6.13. The quantitative estimate of drug-likeness (QED) is 0.676. The van der Waals surface area contributed by atoms with Gasteiger partial charge in [0.1, 0.15) is 6.04 Å². The summed E-state index contributed by atoms with van der Waals surface area (Å²) in [5.74, 6) is -1.24. The third kappa shape index (κ3) is 3.88. The van der Waals surface area contributed by atoms with E-state index in [0.717, 1.165) is 5.56 Å². The number of benzene rings is 3. The zero-order valence-corrected chi connectivity index (χ0v) is 15.2. The lowest BCUT2D eigenvalue weighted by Gasteiger charge is -2.16. The number of hydrogen-bond donors (Lipinski definition) is 2. The zero-order valence-electron chi connectivity index (χ0n) is 13.6. The molecule has 0 radical (unpaired) electrons. The maximum absolute atomic E-state index is 12.8. The number of hydrogen-bond acceptors (Lipinski definition) is 3. The lowest BCUT2D eigenvalue weighted by molar-refractivity contribution is -0.138. The van der Waals surface area contributed by atoms with Crippen LogP contribution >= 0.6 is 11.6 Å². The smallest absolute Gasteiger partial charge is 0.322 e. The SMILES string of the molecule is O=C(O)[C@H](Cc1ccccc1)NS(=O)(=O)c1cccc2c(Cl)cccc12. The molecule has 1 atom stereocenters. The second-order valence-corrected chi connectivity index (χ2v) is 7.88. The molecule has 0 amide bonds. The van der Waals surface area contributed by atoms with Gasteiger partial charge in [0.25, 0.3) is 0 Å². The van der Waals surface area contributed by atoms with Crippen LogP contribution in [0, 0.1) is 0 Å². The first kappa shape index (κ1) is 18.4. The molecular weight excluding hydrogens is 374 g/mol. The van der Waals surface area contributed by atoms with Crippen molar-refractivity contribution >= 4 is 38.4 Å². The van der Waals surface area contributed by atoms with Crippen LogP contribution in [0.3, 0.4) is 0 Å². The Hall–Kier alpha value is -2.41. The maximum atomic E-state index is 12.8. The highest BCUT2D eigenvalue weighted by atomic mass is 35.5. The number of fused-ring (bicyclic) bond motifs is 1. The molecule has 0 spiro atoms. The van der Waals surface area contributed by atoms with Gasteiger partial charge in [-0.05, 0) is 24.1 Å². The van der Waals surface area contributed by atoms with E-state index in [4.69, 9.17) is 11.6 Å². The number of carbonyl (C=O) groups is 1. The molecule has 0 heterocycles. The molecule has 2 N–H and O–H groups in total. The fourth-order valence-electron chi connectivity index (χ4n) is 2.76. The van der Waals surface area contributed by atoms with Gasteiger partial charge in [0.15, 0.2) is 0 Å². The van der Waals surface area contributed by atoms with Crippen LogP contribution in [-0.2, 0) is 21.2 Å². The van der Waals surface area contributed by atoms with Crippen LogP contribution < -0.4 is 4.72 Å². The Morgan fingerprint density at radius 2 is 1.62 bits per heavy atom. The molecule has 7 heteroatoms. The van der Waals surface area contributed by atoms with Gasteiger partial charge in [-0.3, -0.25) is 4.79 Å². The first-order chi connectivity index (χ1) is 12.4. The van der Waals surface area contributed by atoms with Crippen LogP contribution in [0.25, 0.3) is 10.8 Å². The molecule has 0 unspecified atom stereocenters. The highest BCUT2D eigenvalue weighted by Crippen LogP contribution is 2.28. The summed E-state index contributed by atoms with van der Waals surface area (Å²) in [6.07, 6.45) is 0.0426. The van der Waals surface area contributed by atoms with Crippen molar-refractivity contribution in [3.05, 3.63) is 77.3 Å². The van der Waals surface area contributed by atoms with Gasteiger partial charge < -0.3 is 5.11 Å². The molecule has 5 nitrogen and oxygen atoms in total. The van der Waals surface area contributed by atoms with Gasteiger partial charge in [-0.25, -0.2) is 8.42 Å². The van der Waals surface area contributed by atoms with Gasteiger partial charge in [-0.2, -0.15) is 4.72 Å². The van der Waals surface area contributed by atoms with Crippen molar-refractivity contribution in [3.63, 3.8) is 0 Å². The average Bonchev–Trinajstić information content (AvgIpc) is 2.62. The molecule has 3 rings (SSSR count). The second-order valence-electron chi connectivity index (χ2n) is 5.79. The molecule has 0 fully saturated rings. The van der Waals surface area contributed by atoms with E-state index in [9.17, 15) is 18.3 Å². The Balaban J connectivity index is 1.97. The standard InChI is InChI=1S/C19H16ClNO4S/c20-16-10-4-9-15-14(16)8-5-11-18(15)26(24,25)21-17(19(22)23)12-13-6-2-1-3-7-13/h1-11,17,21H,12H2,(H,22,23)/t17-/m0/s1. The molecule has 0 aliphatic heterocycles. The van der Waals surface area contributed by atoms with Crippen molar-refractivity contribution in [3.8, 4) is 0 Å². The van der Waals surface area contributed by atoms with Crippen LogP contribution in [0.1, 0.15) is 5.56 Å². The fourth-order valence-corrected chi connectivity index (χ4v) is 4.41. The van der Waals surface area contributed by atoms with Crippen molar-refractivity contribution in [1.82, 2.24) is 4.72 Å². The fraction of sp³-hybridized carbons (Fsp3) is 0.105. The Kier molecular flexibility index (Phi) is 5.27. The van der Waals surface area contributed by atoms with Crippen LogP contribution in [0.15, 0.2) is 71.6 Å². The predicted octanol–water partition coefficient (Wildman–Crippen LogP) is 3.47.